The average molecular weight is 929 g/mol. The summed E-state index contributed by atoms with van der Waals surface area (Å²) < 4.78 is 0. The smallest absolute Gasteiger partial charge is 0.0368 e. The first-order valence-electron chi connectivity index (χ1n) is 25.5. The molecule has 0 atom stereocenters. The lowest BCUT2D eigenvalue weighted by Gasteiger charge is -2.48. The second kappa shape index (κ2) is 22.4. The minimum absolute atomic E-state index is 0.189. The van der Waals surface area contributed by atoms with E-state index in [2.05, 4.69) is 297 Å². The highest BCUT2D eigenvalue weighted by atomic mass is 14.5. The molecular weight excluding hydrogens is 865 g/mol. The van der Waals surface area contributed by atoms with E-state index in [1.165, 1.54) is 66.8 Å². The molecule has 9 rings (SSSR count). The Morgan fingerprint density at radius 1 is 0.194 bits per heavy atom. The minimum Gasteiger partial charge on any atom is -0.0931 e. The van der Waals surface area contributed by atoms with E-state index in [9.17, 15) is 0 Å². The van der Waals surface area contributed by atoms with Crippen molar-refractivity contribution in [2.45, 2.75) is 79.1 Å². The van der Waals surface area contributed by atoms with Gasteiger partial charge in [0.1, 0.15) is 0 Å². The monoisotopic (exact) mass is 929 g/mol. The van der Waals surface area contributed by atoms with Crippen LogP contribution in [0.15, 0.2) is 194 Å². The van der Waals surface area contributed by atoms with Crippen LogP contribution in [-0.2, 0) is 0 Å². The fourth-order valence-corrected chi connectivity index (χ4v) is 10.5. The van der Waals surface area contributed by atoms with Crippen LogP contribution in [0.5, 0.6) is 0 Å². The molecule has 8 aromatic carbocycles. The summed E-state index contributed by atoms with van der Waals surface area (Å²) in [6.07, 6.45) is 0. The summed E-state index contributed by atoms with van der Waals surface area (Å²) in [6.45, 7) is 17.2. The van der Waals surface area contributed by atoms with Crippen molar-refractivity contribution in [3.63, 3.8) is 0 Å². The fraction of sp³-hybridized carbons (Fsp3) is 0.222. The first kappa shape index (κ1) is 49.0. The van der Waals surface area contributed by atoms with Crippen LogP contribution in [0.3, 0.4) is 0 Å². The molecule has 0 unspecified atom stereocenters. The second-order valence-corrected chi connectivity index (χ2v) is 20.4. The maximum Gasteiger partial charge on any atom is 0.0368 e. The Balaban J connectivity index is 1.47. The summed E-state index contributed by atoms with van der Waals surface area (Å²) in [5.41, 5.74) is 18.5. The highest BCUT2D eigenvalue weighted by Gasteiger charge is 2.51. The molecule has 0 bridgehead atoms. The topological polar surface area (TPSA) is 0 Å². The third kappa shape index (κ3) is 11.8. The van der Waals surface area contributed by atoms with Crippen molar-refractivity contribution in [1.29, 1.82) is 0 Å². The molecule has 0 amide bonds. The molecule has 1 saturated carbocycles. The molecule has 0 nitrogen and oxygen atoms in total. The van der Waals surface area contributed by atoms with Gasteiger partial charge in [-0.1, -0.05) is 237 Å². The normalized spacial score (nSPS) is 20.3. The third-order valence-electron chi connectivity index (χ3n) is 14.7. The van der Waals surface area contributed by atoms with E-state index >= 15 is 0 Å². The van der Waals surface area contributed by atoms with Gasteiger partial charge in [0.25, 0.3) is 0 Å². The van der Waals surface area contributed by atoms with Gasteiger partial charge in [-0.2, -0.15) is 0 Å². The largest absolute Gasteiger partial charge is 0.0931 e. The van der Waals surface area contributed by atoms with E-state index in [1.54, 1.807) is 0 Å². The van der Waals surface area contributed by atoms with Crippen molar-refractivity contribution in [3.8, 4) is 47.4 Å². The van der Waals surface area contributed by atoms with Gasteiger partial charge >= 0.3 is 0 Å². The Hall–Kier alpha value is -8.00. The number of hydrogen-bond donors (Lipinski definition) is 0. The van der Waals surface area contributed by atoms with Gasteiger partial charge in [-0.05, 0) is 126 Å². The Bertz CT molecular complexity index is 2880. The average Bonchev–Trinajstić information content (AvgIpc) is 3.38. The van der Waals surface area contributed by atoms with E-state index < -0.39 is 0 Å². The predicted molar refractivity (Wildman–Crippen MR) is 302 cm³/mol. The van der Waals surface area contributed by atoms with Crippen molar-refractivity contribution in [2.24, 2.45) is 23.7 Å². The summed E-state index contributed by atoms with van der Waals surface area (Å²) >= 11 is 0. The van der Waals surface area contributed by atoms with Gasteiger partial charge in [0.15, 0.2) is 0 Å². The molecule has 1 fully saturated rings. The van der Waals surface area contributed by atoms with Gasteiger partial charge in [-0.15, -0.1) is 0 Å². The second-order valence-electron chi connectivity index (χ2n) is 20.4. The summed E-state index contributed by atoms with van der Waals surface area (Å²) in [7, 11) is 0. The molecule has 0 saturated heterocycles. The quantitative estimate of drug-likeness (QED) is 0.154. The highest BCUT2D eigenvalue weighted by Crippen LogP contribution is 2.58. The van der Waals surface area contributed by atoms with Gasteiger partial charge in [-0.25, -0.2) is 0 Å². The summed E-state index contributed by atoms with van der Waals surface area (Å²) in [4.78, 5) is 0. The van der Waals surface area contributed by atoms with E-state index in [0.29, 0.717) is 0 Å². The Kier molecular flexibility index (Phi) is 15.2. The fourth-order valence-electron chi connectivity index (χ4n) is 10.5. The first-order chi connectivity index (χ1) is 34.9. The van der Waals surface area contributed by atoms with Crippen molar-refractivity contribution in [2.75, 3.05) is 0 Å². The molecule has 1 aliphatic carbocycles. The molecule has 0 aromatic heterocycles. The van der Waals surface area contributed by atoms with Gasteiger partial charge in [0.2, 0.25) is 0 Å². The van der Waals surface area contributed by atoms with Gasteiger partial charge in [0.05, 0.1) is 0 Å². The molecule has 0 heteroatoms. The summed E-state index contributed by atoms with van der Waals surface area (Å²) in [6, 6.07) is 71.6. The van der Waals surface area contributed by atoms with E-state index in [4.69, 9.17) is 0 Å². The van der Waals surface area contributed by atoms with Crippen LogP contribution < -0.4 is 0 Å². The zero-order chi connectivity index (χ0) is 50.1. The predicted octanol–water partition coefficient (Wildman–Crippen LogP) is 16.3. The SMILES string of the molecule is Cc1ccc(C#CC2C(c3ccc(C)cc3)C(C#Cc3ccc(C)cc3)C(c3ccc(C)cc3)C(C#Cc3ccc(C)cc3)C(c3ccc(C)cc3)C(C#Cc3ccc(C)cc3)C2c2ccc(C)cc2)cc1. The molecule has 352 valence electrons. The molecular formula is C72H64. The Morgan fingerprint density at radius 3 is 0.486 bits per heavy atom. The van der Waals surface area contributed by atoms with Crippen LogP contribution >= 0.6 is 0 Å². The standard InChI is InChI=1S/C72H64/c1-49-9-25-57(26-10-49)33-45-65-69(61-37-17-53(5)18-38-61)66(46-34-58-27-11-50(2)12-28-58)71(63-41-21-55(7)22-42-63)68(48-36-60-31-15-52(4)16-32-60)72(64-43-23-56(8)24-44-64)67(47-35-59-29-13-51(3)14-30-59)70(65)62-39-19-54(6)20-40-62/h9-32,37-44,65-72H,1-8H3. The van der Waals surface area contributed by atoms with Crippen LogP contribution in [-0.4, -0.2) is 0 Å². The minimum atomic E-state index is -0.266. The van der Waals surface area contributed by atoms with Crippen LogP contribution in [0.4, 0.5) is 0 Å². The molecule has 1 aliphatic rings. The van der Waals surface area contributed by atoms with E-state index in [1.807, 2.05) is 0 Å². The molecule has 0 spiro atoms. The highest BCUT2D eigenvalue weighted by molar-refractivity contribution is 5.50. The van der Waals surface area contributed by atoms with Crippen molar-refractivity contribution in [1.82, 2.24) is 0 Å². The molecule has 72 heavy (non-hydrogen) atoms. The van der Waals surface area contributed by atoms with Crippen molar-refractivity contribution in [3.05, 3.63) is 283 Å². The zero-order valence-corrected chi connectivity index (χ0v) is 43.1. The van der Waals surface area contributed by atoms with Gasteiger partial charge in [0, 0.05) is 69.6 Å². The molecule has 0 N–H and O–H groups in total. The van der Waals surface area contributed by atoms with Crippen LogP contribution in [0.1, 0.15) is 113 Å². The Morgan fingerprint density at radius 2 is 0.333 bits per heavy atom. The number of benzene rings is 8. The lowest BCUT2D eigenvalue weighted by atomic mass is 9.53. The van der Waals surface area contributed by atoms with E-state index in [0.717, 1.165) is 22.3 Å². The molecule has 0 radical (unpaired) electrons. The van der Waals surface area contributed by atoms with Crippen LogP contribution in [0.25, 0.3) is 0 Å². The Labute approximate surface area is 431 Å². The lowest BCUT2D eigenvalue weighted by Crippen LogP contribution is -2.42. The van der Waals surface area contributed by atoms with Gasteiger partial charge < -0.3 is 0 Å². The number of rotatable bonds is 4. The van der Waals surface area contributed by atoms with Crippen molar-refractivity contribution >= 4 is 0 Å². The van der Waals surface area contributed by atoms with E-state index in [-0.39, 0.29) is 47.3 Å². The number of hydrogen-bond acceptors (Lipinski definition) is 0. The molecule has 0 aliphatic heterocycles. The van der Waals surface area contributed by atoms with Crippen molar-refractivity contribution < 1.29 is 0 Å². The maximum absolute atomic E-state index is 4.14. The zero-order valence-electron chi connectivity index (χ0n) is 43.1. The van der Waals surface area contributed by atoms with Crippen LogP contribution in [0.2, 0.25) is 0 Å². The lowest BCUT2D eigenvalue weighted by molar-refractivity contribution is 0.195. The maximum atomic E-state index is 4.14. The third-order valence-corrected chi connectivity index (χ3v) is 14.7. The van der Waals surface area contributed by atoms with Gasteiger partial charge in [-0.3, -0.25) is 0 Å². The van der Waals surface area contributed by atoms with Crippen LogP contribution in [0, 0.1) is 126 Å². The molecule has 0 heterocycles. The summed E-state index contributed by atoms with van der Waals surface area (Å²) in [5.74, 6) is 30.0. The number of aryl methyl sites for hydroxylation is 8. The molecule has 8 aromatic rings. The first-order valence-corrected chi connectivity index (χ1v) is 25.5. The summed E-state index contributed by atoms with van der Waals surface area (Å²) in [5, 5.41) is 0.